The Morgan fingerprint density at radius 1 is 1.00 bits per heavy atom. The first kappa shape index (κ1) is 22.1. The molecule has 30 heavy (non-hydrogen) atoms. The number of aromatic nitrogens is 2. The average Bonchev–Trinajstić information content (AvgIpc) is 3.07. The van der Waals surface area contributed by atoms with Crippen LogP contribution in [0.5, 0.6) is 0 Å². The fourth-order valence-corrected chi connectivity index (χ4v) is 4.07. The summed E-state index contributed by atoms with van der Waals surface area (Å²) in [5, 5.41) is 8.09. The van der Waals surface area contributed by atoms with E-state index in [2.05, 4.69) is 50.1 Å². The standard InChI is InChI=1S/C24H23N3OS.BrH/c1-24(2,3)20-12-10-17(11-13-20)22-26-27(23(25)29-22)15-21(28)19-9-8-16-6-4-5-7-18(16)14-19;/h4-14,25H,15H2,1-3H3;1H. The molecule has 0 amide bonds. The molecule has 4 nitrogen and oxygen atoms in total. The molecule has 1 heterocycles. The predicted molar refractivity (Wildman–Crippen MR) is 119 cm³/mol. The Balaban J connectivity index is 0.00000256. The van der Waals surface area contributed by atoms with E-state index in [1.165, 1.54) is 16.9 Å². The second-order valence-electron chi connectivity index (χ2n) is 8.22. The van der Waals surface area contributed by atoms with Crippen molar-refractivity contribution in [3.63, 3.8) is 0 Å². The maximum atomic E-state index is 12.8. The molecule has 4 rings (SSSR count). The monoisotopic (exact) mass is 481 g/mol. The Morgan fingerprint density at radius 3 is 2.33 bits per heavy atom. The number of hydrogen-bond donors (Lipinski definition) is 1. The lowest BCUT2D eigenvalue weighted by Gasteiger charge is -2.18. The van der Waals surface area contributed by atoms with Gasteiger partial charge in [-0.2, -0.15) is 0 Å². The third-order valence-corrected chi connectivity index (χ3v) is 5.96. The Bertz CT molecular complexity index is 1190. The minimum absolute atomic E-state index is 0. The summed E-state index contributed by atoms with van der Waals surface area (Å²) in [5.41, 5.74) is 9.21. The highest BCUT2D eigenvalue weighted by Crippen LogP contribution is 2.28. The average molecular weight is 482 g/mol. The molecular formula is C24H24BrN3OS. The highest BCUT2D eigenvalue weighted by Gasteiger charge is 2.20. The summed E-state index contributed by atoms with van der Waals surface area (Å²) >= 11 is 1.40. The molecule has 0 saturated heterocycles. The fraction of sp³-hybridized carbons (Fsp3) is 0.208. The van der Waals surface area contributed by atoms with Crippen molar-refractivity contribution in [1.82, 2.24) is 5.10 Å². The van der Waals surface area contributed by atoms with E-state index in [0.717, 1.165) is 21.3 Å². The summed E-state index contributed by atoms with van der Waals surface area (Å²) in [6.07, 6.45) is 0. The molecule has 0 saturated carbocycles. The topological polar surface area (TPSA) is 59.9 Å². The lowest BCUT2D eigenvalue weighted by atomic mass is 9.87. The zero-order valence-corrected chi connectivity index (χ0v) is 19.6. The van der Waals surface area contributed by atoms with E-state index in [1.54, 1.807) is 4.68 Å². The molecule has 0 spiro atoms. The lowest BCUT2D eigenvalue weighted by Crippen LogP contribution is -3.00. The van der Waals surface area contributed by atoms with Gasteiger partial charge in [-0.15, -0.1) is 4.68 Å². The first-order valence-corrected chi connectivity index (χ1v) is 10.4. The van der Waals surface area contributed by atoms with Gasteiger partial charge in [-0.25, -0.2) is 0 Å². The normalized spacial score (nSPS) is 11.3. The molecule has 0 fully saturated rings. The number of benzene rings is 3. The van der Waals surface area contributed by atoms with Gasteiger partial charge in [-0.05, 0) is 39.2 Å². The van der Waals surface area contributed by atoms with Crippen molar-refractivity contribution in [2.24, 2.45) is 0 Å². The van der Waals surface area contributed by atoms with Crippen LogP contribution in [0.2, 0.25) is 0 Å². The van der Waals surface area contributed by atoms with Crippen molar-refractivity contribution >= 4 is 33.0 Å². The Hall–Kier alpha value is -2.57. The molecule has 3 aromatic carbocycles. The number of anilines is 1. The third-order valence-electron chi connectivity index (χ3n) is 5.03. The lowest BCUT2D eigenvalue weighted by molar-refractivity contribution is -0.722. The van der Waals surface area contributed by atoms with Crippen LogP contribution in [0, 0.1) is 0 Å². The highest BCUT2D eigenvalue weighted by molar-refractivity contribution is 7.17. The van der Waals surface area contributed by atoms with Gasteiger partial charge in [0.2, 0.25) is 5.78 Å². The third kappa shape index (κ3) is 4.60. The van der Waals surface area contributed by atoms with Crippen LogP contribution in [0.25, 0.3) is 21.3 Å². The number of fused-ring (bicyclic) bond motifs is 1. The fourth-order valence-electron chi connectivity index (χ4n) is 3.26. The summed E-state index contributed by atoms with van der Waals surface area (Å²) in [5.74, 6) is -0.00705. The second kappa shape index (κ2) is 8.66. The van der Waals surface area contributed by atoms with E-state index in [0.29, 0.717) is 10.7 Å². The number of carbonyl (C=O) groups excluding carboxylic acids is 1. The molecule has 0 aliphatic carbocycles. The molecule has 0 aliphatic heterocycles. The number of halogens is 1. The molecular weight excluding hydrogens is 458 g/mol. The maximum Gasteiger partial charge on any atom is 0.354 e. The summed E-state index contributed by atoms with van der Waals surface area (Å²) in [4.78, 5) is 12.8. The van der Waals surface area contributed by atoms with E-state index >= 15 is 0 Å². The first-order chi connectivity index (χ1) is 13.8. The summed E-state index contributed by atoms with van der Waals surface area (Å²) in [6.45, 7) is 6.70. The molecule has 0 bridgehead atoms. The van der Waals surface area contributed by atoms with E-state index in [9.17, 15) is 4.79 Å². The van der Waals surface area contributed by atoms with Gasteiger partial charge in [-0.1, -0.05) is 86.5 Å². The highest BCUT2D eigenvalue weighted by atomic mass is 79.9. The van der Waals surface area contributed by atoms with Gasteiger partial charge in [0.15, 0.2) is 11.6 Å². The largest absolute Gasteiger partial charge is 1.00 e. The van der Waals surface area contributed by atoms with Gasteiger partial charge in [0.25, 0.3) is 0 Å². The van der Waals surface area contributed by atoms with Crippen molar-refractivity contribution < 1.29 is 26.5 Å². The van der Waals surface area contributed by atoms with Crippen molar-refractivity contribution in [3.05, 3.63) is 77.9 Å². The number of Topliss-reactive ketones (excluding diaryl/α,β-unsaturated/α-hetero) is 1. The first-order valence-electron chi connectivity index (χ1n) is 9.60. The molecule has 0 unspecified atom stereocenters. The Morgan fingerprint density at radius 2 is 1.67 bits per heavy atom. The summed E-state index contributed by atoms with van der Waals surface area (Å²) in [7, 11) is 0. The molecule has 0 radical (unpaired) electrons. The molecule has 2 N–H and O–H groups in total. The number of hydrogen-bond acceptors (Lipinski definition) is 4. The number of carbonyl (C=O) groups is 1. The molecule has 4 aromatic rings. The Kier molecular flexibility index (Phi) is 6.38. The molecule has 0 atom stereocenters. The van der Waals surface area contributed by atoms with Crippen molar-refractivity contribution in [3.8, 4) is 10.6 Å². The zero-order chi connectivity index (χ0) is 20.6. The van der Waals surface area contributed by atoms with E-state index in [1.807, 2.05) is 42.5 Å². The smallest absolute Gasteiger partial charge is 0.354 e. The summed E-state index contributed by atoms with van der Waals surface area (Å²) < 4.78 is 1.59. The van der Waals surface area contributed by atoms with E-state index < -0.39 is 0 Å². The quantitative estimate of drug-likeness (QED) is 0.358. The Labute approximate surface area is 191 Å². The van der Waals surface area contributed by atoms with Gasteiger partial charge < -0.3 is 17.0 Å². The van der Waals surface area contributed by atoms with Crippen LogP contribution in [0.1, 0.15) is 36.7 Å². The van der Waals surface area contributed by atoms with Gasteiger partial charge >= 0.3 is 5.13 Å². The van der Waals surface area contributed by atoms with Gasteiger partial charge in [0.1, 0.15) is 0 Å². The number of rotatable bonds is 4. The van der Waals surface area contributed by atoms with Crippen LogP contribution in [-0.4, -0.2) is 10.9 Å². The minimum Gasteiger partial charge on any atom is -1.00 e. The van der Waals surface area contributed by atoms with Crippen LogP contribution in [0.3, 0.4) is 0 Å². The SMILES string of the molecule is CC(C)(C)c1ccc(-c2n[n+](CC(=O)c3ccc4ccccc4c3)c(N)s2)cc1.[Br-]. The number of nitrogens with two attached hydrogens (primary N) is 1. The number of nitrogens with zero attached hydrogens (tertiary/aromatic N) is 2. The van der Waals surface area contributed by atoms with Gasteiger partial charge in [0.05, 0.1) is 0 Å². The molecule has 154 valence electrons. The van der Waals surface area contributed by atoms with Crippen LogP contribution in [0.4, 0.5) is 5.13 Å². The number of nitrogen functional groups attached to an aromatic ring is 1. The van der Waals surface area contributed by atoms with Crippen molar-refractivity contribution in [2.75, 3.05) is 5.73 Å². The van der Waals surface area contributed by atoms with Crippen molar-refractivity contribution in [1.29, 1.82) is 0 Å². The zero-order valence-electron chi connectivity index (χ0n) is 17.2. The van der Waals surface area contributed by atoms with E-state index in [4.69, 9.17) is 5.73 Å². The van der Waals surface area contributed by atoms with Crippen LogP contribution >= 0.6 is 11.3 Å². The number of ketones is 1. The van der Waals surface area contributed by atoms with Crippen LogP contribution in [0.15, 0.2) is 66.7 Å². The van der Waals surface area contributed by atoms with Crippen LogP contribution in [-0.2, 0) is 12.0 Å². The molecule has 6 heteroatoms. The molecule has 0 aliphatic rings. The maximum absolute atomic E-state index is 12.8. The van der Waals surface area contributed by atoms with Gasteiger partial charge in [0, 0.05) is 11.1 Å². The summed E-state index contributed by atoms with van der Waals surface area (Å²) in [6, 6.07) is 22.1. The van der Waals surface area contributed by atoms with E-state index in [-0.39, 0.29) is 34.7 Å². The predicted octanol–water partition coefficient (Wildman–Crippen LogP) is 2.02. The second-order valence-corrected chi connectivity index (χ2v) is 9.22. The van der Waals surface area contributed by atoms with Gasteiger partial charge in [-0.3, -0.25) is 10.5 Å². The molecule has 1 aromatic heterocycles. The van der Waals surface area contributed by atoms with Crippen molar-refractivity contribution in [2.45, 2.75) is 32.7 Å². The minimum atomic E-state index is -0.00705. The van der Waals surface area contributed by atoms with Crippen LogP contribution < -0.4 is 27.4 Å².